The first-order chi connectivity index (χ1) is 9.60. The summed E-state index contributed by atoms with van der Waals surface area (Å²) in [5, 5.41) is 20.3. The van der Waals surface area contributed by atoms with Gasteiger partial charge in [-0.25, -0.2) is 9.97 Å². The van der Waals surface area contributed by atoms with Gasteiger partial charge in [0.25, 0.3) is 5.91 Å². The molecule has 0 saturated carbocycles. The number of carbonyl (C=O) groups is 1. The molecule has 0 fully saturated rings. The quantitative estimate of drug-likeness (QED) is 0.643. The number of hydrogen-bond acceptors (Lipinski definition) is 6. The molecule has 102 valence electrons. The minimum absolute atomic E-state index is 0.0789. The van der Waals surface area contributed by atoms with E-state index >= 15 is 0 Å². The van der Waals surface area contributed by atoms with E-state index in [-0.39, 0.29) is 17.3 Å². The number of rotatable bonds is 4. The molecule has 0 unspecified atom stereocenters. The van der Waals surface area contributed by atoms with Crippen molar-refractivity contribution in [3.05, 3.63) is 42.2 Å². The topological polar surface area (TPSA) is 105 Å². The fourth-order valence-corrected chi connectivity index (χ4v) is 1.45. The zero-order chi connectivity index (χ0) is 14.5. The van der Waals surface area contributed by atoms with Gasteiger partial charge in [-0.1, -0.05) is 0 Å². The SMILES string of the molecule is COc1ccc(C(=O)Nc2ncc(B(O)O)cn2)cc1. The van der Waals surface area contributed by atoms with Crippen molar-refractivity contribution in [2.45, 2.75) is 0 Å². The molecule has 0 atom stereocenters. The minimum Gasteiger partial charge on any atom is -0.497 e. The Morgan fingerprint density at radius 3 is 2.30 bits per heavy atom. The molecule has 0 saturated heterocycles. The highest BCUT2D eigenvalue weighted by Crippen LogP contribution is 2.12. The van der Waals surface area contributed by atoms with Crippen LogP contribution in [-0.2, 0) is 0 Å². The van der Waals surface area contributed by atoms with E-state index in [1.807, 2.05) is 0 Å². The molecule has 0 aliphatic heterocycles. The lowest BCUT2D eigenvalue weighted by atomic mass is 9.83. The number of amides is 1. The summed E-state index contributed by atoms with van der Waals surface area (Å²) < 4.78 is 5.00. The third-order valence-corrected chi connectivity index (χ3v) is 2.55. The van der Waals surface area contributed by atoms with Crippen molar-refractivity contribution in [3.63, 3.8) is 0 Å². The molecule has 1 aromatic heterocycles. The smallest absolute Gasteiger partial charge is 0.491 e. The monoisotopic (exact) mass is 273 g/mol. The third-order valence-electron chi connectivity index (χ3n) is 2.55. The maximum atomic E-state index is 11.9. The first kappa shape index (κ1) is 14.0. The number of benzene rings is 1. The van der Waals surface area contributed by atoms with Crippen LogP contribution in [0, 0.1) is 0 Å². The van der Waals surface area contributed by atoms with Gasteiger partial charge in [0.2, 0.25) is 5.95 Å². The van der Waals surface area contributed by atoms with E-state index in [2.05, 4.69) is 15.3 Å². The second-order valence-corrected chi connectivity index (χ2v) is 3.90. The summed E-state index contributed by atoms with van der Waals surface area (Å²) in [6.07, 6.45) is 2.45. The highest BCUT2D eigenvalue weighted by molar-refractivity contribution is 6.58. The number of nitrogens with one attached hydrogen (secondary N) is 1. The van der Waals surface area contributed by atoms with E-state index in [9.17, 15) is 4.79 Å². The Balaban J connectivity index is 2.06. The summed E-state index contributed by atoms with van der Waals surface area (Å²) in [7, 11) is -0.0959. The summed E-state index contributed by atoms with van der Waals surface area (Å²) in [6, 6.07) is 6.56. The fraction of sp³-hybridized carbons (Fsp3) is 0.0833. The molecule has 7 nitrogen and oxygen atoms in total. The molecular formula is C12H12BN3O4. The van der Waals surface area contributed by atoms with E-state index < -0.39 is 7.12 Å². The molecule has 0 aliphatic carbocycles. The van der Waals surface area contributed by atoms with Gasteiger partial charge in [-0.15, -0.1) is 0 Å². The molecule has 0 radical (unpaired) electrons. The largest absolute Gasteiger partial charge is 0.497 e. The van der Waals surface area contributed by atoms with E-state index in [1.165, 1.54) is 12.4 Å². The molecular weight excluding hydrogens is 261 g/mol. The van der Waals surface area contributed by atoms with Crippen LogP contribution in [0.1, 0.15) is 10.4 Å². The number of methoxy groups -OCH3 is 1. The van der Waals surface area contributed by atoms with Crippen molar-refractivity contribution >= 4 is 24.4 Å². The van der Waals surface area contributed by atoms with Gasteiger partial charge in [0.1, 0.15) is 5.75 Å². The number of aromatic nitrogens is 2. The summed E-state index contributed by atoms with van der Waals surface area (Å²) in [5.41, 5.74) is 0.577. The molecule has 3 N–H and O–H groups in total. The zero-order valence-electron chi connectivity index (χ0n) is 10.6. The molecule has 0 aliphatic rings. The van der Waals surface area contributed by atoms with Crippen LogP contribution in [0.3, 0.4) is 0 Å². The highest BCUT2D eigenvalue weighted by Gasteiger charge is 2.13. The van der Waals surface area contributed by atoms with Crippen LogP contribution in [-0.4, -0.2) is 40.2 Å². The van der Waals surface area contributed by atoms with Gasteiger partial charge >= 0.3 is 7.12 Å². The lowest BCUT2D eigenvalue weighted by molar-refractivity contribution is 0.102. The summed E-state index contributed by atoms with van der Waals surface area (Å²) in [5.74, 6) is 0.360. The predicted molar refractivity (Wildman–Crippen MR) is 72.8 cm³/mol. The number of anilines is 1. The van der Waals surface area contributed by atoms with Crippen LogP contribution in [0.4, 0.5) is 5.95 Å². The molecule has 20 heavy (non-hydrogen) atoms. The fourth-order valence-electron chi connectivity index (χ4n) is 1.45. The molecule has 2 aromatic rings. The van der Waals surface area contributed by atoms with Crippen molar-refractivity contribution in [1.82, 2.24) is 9.97 Å². The Morgan fingerprint density at radius 1 is 1.20 bits per heavy atom. The summed E-state index contributed by atoms with van der Waals surface area (Å²) >= 11 is 0. The Bertz CT molecular complexity index is 587. The van der Waals surface area contributed by atoms with Crippen molar-refractivity contribution in [2.75, 3.05) is 12.4 Å². The second kappa shape index (κ2) is 6.13. The van der Waals surface area contributed by atoms with Crippen molar-refractivity contribution < 1.29 is 19.6 Å². The van der Waals surface area contributed by atoms with Gasteiger partial charge in [0.15, 0.2) is 0 Å². The van der Waals surface area contributed by atoms with E-state index in [1.54, 1.807) is 31.4 Å². The normalized spacial score (nSPS) is 9.95. The van der Waals surface area contributed by atoms with Crippen LogP contribution < -0.4 is 15.5 Å². The predicted octanol–water partition coefficient (Wildman–Crippen LogP) is -0.583. The van der Waals surface area contributed by atoms with Crippen molar-refractivity contribution in [1.29, 1.82) is 0 Å². The lowest BCUT2D eigenvalue weighted by Gasteiger charge is -2.05. The average Bonchev–Trinajstić information content (AvgIpc) is 2.48. The third kappa shape index (κ3) is 3.31. The maximum Gasteiger partial charge on any atom is 0.491 e. The molecule has 2 rings (SSSR count). The first-order valence-corrected chi connectivity index (χ1v) is 5.73. The van der Waals surface area contributed by atoms with Gasteiger partial charge in [0.05, 0.1) is 7.11 Å². The highest BCUT2D eigenvalue weighted by atomic mass is 16.5. The van der Waals surface area contributed by atoms with Crippen LogP contribution in [0.2, 0.25) is 0 Å². The Hall–Kier alpha value is -2.45. The van der Waals surface area contributed by atoms with Gasteiger partial charge in [-0.05, 0) is 24.3 Å². The maximum absolute atomic E-state index is 11.9. The van der Waals surface area contributed by atoms with Gasteiger partial charge in [0, 0.05) is 23.4 Å². The van der Waals surface area contributed by atoms with Crippen LogP contribution in [0.15, 0.2) is 36.7 Å². The zero-order valence-corrected chi connectivity index (χ0v) is 10.6. The van der Waals surface area contributed by atoms with Crippen molar-refractivity contribution in [3.8, 4) is 5.75 Å². The Labute approximate surface area is 115 Å². The molecule has 8 heteroatoms. The average molecular weight is 273 g/mol. The molecule has 1 amide bonds. The van der Waals surface area contributed by atoms with Crippen molar-refractivity contribution in [2.24, 2.45) is 0 Å². The van der Waals surface area contributed by atoms with E-state index in [4.69, 9.17) is 14.8 Å². The van der Waals surface area contributed by atoms with E-state index in [0.29, 0.717) is 11.3 Å². The lowest BCUT2D eigenvalue weighted by Crippen LogP contribution is -2.31. The minimum atomic E-state index is -1.64. The van der Waals surface area contributed by atoms with Gasteiger partial charge < -0.3 is 14.8 Å². The number of ether oxygens (including phenoxy) is 1. The number of nitrogens with zero attached hydrogens (tertiary/aromatic N) is 2. The molecule has 0 bridgehead atoms. The second-order valence-electron chi connectivity index (χ2n) is 3.90. The van der Waals surface area contributed by atoms with Gasteiger partial charge in [-0.2, -0.15) is 0 Å². The number of carbonyl (C=O) groups excluding carboxylic acids is 1. The van der Waals surface area contributed by atoms with E-state index in [0.717, 1.165) is 0 Å². The Kier molecular flexibility index (Phi) is 4.29. The first-order valence-electron chi connectivity index (χ1n) is 5.73. The van der Waals surface area contributed by atoms with Crippen LogP contribution >= 0.6 is 0 Å². The van der Waals surface area contributed by atoms with Crippen LogP contribution in [0.5, 0.6) is 5.75 Å². The van der Waals surface area contributed by atoms with Crippen LogP contribution in [0.25, 0.3) is 0 Å². The molecule has 1 aromatic carbocycles. The molecule has 0 spiro atoms. The van der Waals surface area contributed by atoms with Gasteiger partial charge in [-0.3, -0.25) is 10.1 Å². The Morgan fingerprint density at radius 2 is 1.80 bits per heavy atom. The molecule has 1 heterocycles. The summed E-state index contributed by atoms with van der Waals surface area (Å²) in [4.78, 5) is 19.5. The summed E-state index contributed by atoms with van der Waals surface area (Å²) in [6.45, 7) is 0. The standard InChI is InChI=1S/C12H12BN3O4/c1-20-10-4-2-8(3-5-10)11(17)16-12-14-6-9(7-15-12)13(18)19/h2-7,18-19H,1H3,(H,14,15,16,17). The number of hydrogen-bond donors (Lipinski definition) is 3.